The Kier molecular flexibility index (Phi) is 5.26. The zero-order valence-corrected chi connectivity index (χ0v) is 13.8. The van der Waals surface area contributed by atoms with E-state index in [1.165, 1.54) is 0 Å². The number of ether oxygens (including phenoxy) is 1. The molecule has 0 aliphatic carbocycles. The molecule has 0 radical (unpaired) electrons. The molecule has 0 bridgehead atoms. The van der Waals surface area contributed by atoms with E-state index in [1.54, 1.807) is 48.5 Å². The van der Waals surface area contributed by atoms with Crippen LogP contribution in [0.4, 0.5) is 0 Å². The number of carbonyl (C=O) groups is 1. The van der Waals surface area contributed by atoms with Crippen molar-refractivity contribution in [3.05, 3.63) is 108 Å². The Hall–Kier alpha value is -2.91. The van der Waals surface area contributed by atoms with Crippen molar-refractivity contribution in [2.24, 2.45) is 0 Å². The van der Waals surface area contributed by atoms with E-state index in [0.29, 0.717) is 17.5 Å². The molecule has 3 aromatic carbocycles. The lowest BCUT2D eigenvalue weighted by molar-refractivity contribution is -0.197. The number of hydrogen-bond acceptors (Lipinski definition) is 3. The highest BCUT2D eigenvalue weighted by Gasteiger charge is 2.35. The van der Waals surface area contributed by atoms with Gasteiger partial charge in [0.2, 0.25) is 0 Å². The van der Waals surface area contributed by atoms with E-state index < -0.39 is 11.8 Å². The van der Waals surface area contributed by atoms with Crippen LogP contribution in [0.15, 0.2) is 91.0 Å². The molecule has 0 amide bonds. The first-order chi connectivity index (χ1) is 12.2. The molecule has 1 N–H and O–H groups in total. The average molecular weight is 332 g/mol. The molecule has 0 fully saturated rings. The molecule has 3 heteroatoms. The molecule has 0 atom stereocenters. The maximum Gasteiger partial charge on any atom is 0.309 e. The molecule has 3 rings (SSSR count). The van der Waals surface area contributed by atoms with Crippen LogP contribution in [0.1, 0.15) is 23.1 Å². The highest BCUT2D eigenvalue weighted by Crippen LogP contribution is 2.31. The van der Waals surface area contributed by atoms with Crippen LogP contribution < -0.4 is 0 Å². The first-order valence-electron chi connectivity index (χ1n) is 8.28. The summed E-state index contributed by atoms with van der Waals surface area (Å²) >= 11 is 0. The summed E-state index contributed by atoms with van der Waals surface area (Å²) in [6.45, 7) is 0. The Balaban J connectivity index is 1.80. The quantitative estimate of drug-likeness (QED) is 0.547. The van der Waals surface area contributed by atoms with Crippen LogP contribution in [-0.2, 0) is 21.7 Å². The monoisotopic (exact) mass is 332 g/mol. The zero-order valence-electron chi connectivity index (χ0n) is 13.8. The van der Waals surface area contributed by atoms with Crippen LogP contribution in [-0.4, -0.2) is 11.1 Å². The summed E-state index contributed by atoms with van der Waals surface area (Å²) in [4.78, 5) is 12.4. The topological polar surface area (TPSA) is 46.5 Å². The third-order valence-electron chi connectivity index (χ3n) is 4.05. The number of rotatable bonds is 6. The lowest BCUT2D eigenvalue weighted by Crippen LogP contribution is -2.33. The number of benzene rings is 3. The number of aryl methyl sites for hydroxylation is 1. The Bertz CT molecular complexity index is 759. The number of hydrogen-bond donors (Lipinski definition) is 1. The van der Waals surface area contributed by atoms with Crippen molar-refractivity contribution in [2.75, 3.05) is 0 Å². The smallest absolute Gasteiger partial charge is 0.309 e. The van der Waals surface area contributed by atoms with Crippen molar-refractivity contribution < 1.29 is 14.6 Å². The molecule has 3 nitrogen and oxygen atoms in total. The Labute approximate surface area is 147 Å². The first-order valence-corrected chi connectivity index (χ1v) is 8.28. The van der Waals surface area contributed by atoms with Crippen molar-refractivity contribution in [3.63, 3.8) is 0 Å². The molecule has 0 spiro atoms. The van der Waals surface area contributed by atoms with Gasteiger partial charge in [0.05, 0.1) is 0 Å². The first kappa shape index (κ1) is 16.9. The molecule has 0 aromatic heterocycles. The SMILES string of the molecule is O=C(CCc1ccccc1)OC(O)(c1ccccc1)c1ccccc1. The molecule has 25 heavy (non-hydrogen) atoms. The van der Waals surface area contributed by atoms with Gasteiger partial charge >= 0.3 is 5.97 Å². The van der Waals surface area contributed by atoms with Gasteiger partial charge in [0, 0.05) is 17.5 Å². The molecule has 0 saturated carbocycles. The van der Waals surface area contributed by atoms with Gasteiger partial charge in [0.15, 0.2) is 0 Å². The number of esters is 1. The molecule has 3 aromatic rings. The molecule has 0 unspecified atom stereocenters. The van der Waals surface area contributed by atoms with Crippen molar-refractivity contribution in [3.8, 4) is 0 Å². The summed E-state index contributed by atoms with van der Waals surface area (Å²) < 4.78 is 5.55. The normalized spacial score (nSPS) is 11.1. The molecular weight excluding hydrogens is 312 g/mol. The maximum absolute atomic E-state index is 12.4. The van der Waals surface area contributed by atoms with Crippen molar-refractivity contribution in [1.82, 2.24) is 0 Å². The second-order valence-corrected chi connectivity index (χ2v) is 5.84. The molecule has 0 aliphatic heterocycles. The summed E-state index contributed by atoms with van der Waals surface area (Å²) in [5, 5.41) is 11.2. The summed E-state index contributed by atoms with van der Waals surface area (Å²) in [6.07, 6.45) is 0.769. The van der Waals surface area contributed by atoms with Crippen molar-refractivity contribution >= 4 is 5.97 Å². The third kappa shape index (κ3) is 4.14. The Morgan fingerprint density at radius 2 is 1.20 bits per heavy atom. The van der Waals surface area contributed by atoms with Crippen LogP contribution >= 0.6 is 0 Å². The lowest BCUT2D eigenvalue weighted by Gasteiger charge is -2.28. The van der Waals surface area contributed by atoms with E-state index in [2.05, 4.69) is 0 Å². The van der Waals surface area contributed by atoms with Crippen LogP contribution in [0.5, 0.6) is 0 Å². The molecular formula is C22H20O3. The highest BCUT2D eigenvalue weighted by atomic mass is 16.7. The standard InChI is InChI=1S/C22H20O3/c23-21(17-16-18-10-4-1-5-11-18)25-22(24,19-12-6-2-7-13-19)20-14-8-3-9-15-20/h1-15,24H,16-17H2. The highest BCUT2D eigenvalue weighted by molar-refractivity contribution is 5.71. The van der Waals surface area contributed by atoms with E-state index in [0.717, 1.165) is 5.56 Å². The van der Waals surface area contributed by atoms with E-state index in [9.17, 15) is 9.90 Å². The fourth-order valence-electron chi connectivity index (χ4n) is 2.72. The summed E-state index contributed by atoms with van der Waals surface area (Å²) in [7, 11) is 0. The predicted molar refractivity (Wildman–Crippen MR) is 96.7 cm³/mol. The molecule has 0 saturated heterocycles. The molecule has 0 aliphatic rings. The second kappa shape index (κ2) is 7.77. The minimum absolute atomic E-state index is 0.200. The van der Waals surface area contributed by atoms with Crippen LogP contribution in [0.3, 0.4) is 0 Å². The summed E-state index contributed by atoms with van der Waals surface area (Å²) in [6, 6.07) is 27.7. The second-order valence-electron chi connectivity index (χ2n) is 5.84. The minimum atomic E-state index is -1.80. The van der Waals surface area contributed by atoms with Gasteiger partial charge in [0.25, 0.3) is 5.79 Å². The number of carbonyl (C=O) groups excluding carboxylic acids is 1. The molecule has 126 valence electrons. The van der Waals surface area contributed by atoms with Gasteiger partial charge in [-0.25, -0.2) is 0 Å². The van der Waals surface area contributed by atoms with Crippen molar-refractivity contribution in [2.45, 2.75) is 18.6 Å². The average Bonchev–Trinajstić information content (AvgIpc) is 2.68. The predicted octanol–water partition coefficient (Wildman–Crippen LogP) is 4.06. The summed E-state index contributed by atoms with van der Waals surface area (Å²) in [5.74, 6) is -2.24. The van der Waals surface area contributed by atoms with Gasteiger partial charge in [-0.1, -0.05) is 91.0 Å². The fraction of sp³-hybridized carbons (Fsp3) is 0.136. The van der Waals surface area contributed by atoms with Gasteiger partial charge in [0.1, 0.15) is 0 Å². The Morgan fingerprint density at radius 1 is 0.760 bits per heavy atom. The van der Waals surface area contributed by atoms with Crippen LogP contribution in [0, 0.1) is 0 Å². The van der Waals surface area contributed by atoms with Gasteiger partial charge in [-0.05, 0) is 12.0 Å². The van der Waals surface area contributed by atoms with Crippen LogP contribution in [0.2, 0.25) is 0 Å². The van der Waals surface area contributed by atoms with Gasteiger partial charge in [-0.15, -0.1) is 0 Å². The van der Waals surface area contributed by atoms with Gasteiger partial charge < -0.3 is 9.84 Å². The maximum atomic E-state index is 12.4. The van der Waals surface area contributed by atoms with Crippen molar-refractivity contribution in [1.29, 1.82) is 0 Å². The molecule has 0 heterocycles. The fourth-order valence-corrected chi connectivity index (χ4v) is 2.72. The lowest BCUT2D eigenvalue weighted by atomic mass is 9.97. The zero-order chi connectivity index (χ0) is 17.5. The van der Waals surface area contributed by atoms with E-state index in [1.807, 2.05) is 42.5 Å². The third-order valence-corrected chi connectivity index (χ3v) is 4.05. The van der Waals surface area contributed by atoms with Gasteiger partial charge in [-0.3, -0.25) is 4.79 Å². The van der Waals surface area contributed by atoms with Gasteiger partial charge in [-0.2, -0.15) is 0 Å². The van der Waals surface area contributed by atoms with E-state index in [4.69, 9.17) is 4.74 Å². The van der Waals surface area contributed by atoms with E-state index in [-0.39, 0.29) is 6.42 Å². The summed E-state index contributed by atoms with van der Waals surface area (Å²) in [5.41, 5.74) is 2.10. The van der Waals surface area contributed by atoms with Crippen LogP contribution in [0.25, 0.3) is 0 Å². The largest absolute Gasteiger partial charge is 0.424 e. The minimum Gasteiger partial charge on any atom is -0.424 e. The van der Waals surface area contributed by atoms with E-state index >= 15 is 0 Å². The Morgan fingerprint density at radius 3 is 1.68 bits per heavy atom. The number of aliphatic hydroxyl groups is 1.